The summed E-state index contributed by atoms with van der Waals surface area (Å²) in [5, 5.41) is 12.6. The maximum Gasteiger partial charge on any atom is 0.234 e. The van der Waals surface area contributed by atoms with Crippen molar-refractivity contribution in [2.24, 2.45) is 0 Å². The van der Waals surface area contributed by atoms with Crippen molar-refractivity contribution in [3.8, 4) is 11.5 Å². The average Bonchev–Trinajstić information content (AvgIpc) is 3.17. The number of hydrogen-bond acceptors (Lipinski definition) is 6. The Kier molecular flexibility index (Phi) is 8.79. The van der Waals surface area contributed by atoms with E-state index in [2.05, 4.69) is 22.1 Å². The zero-order chi connectivity index (χ0) is 23.8. The van der Waals surface area contributed by atoms with Crippen LogP contribution in [0.3, 0.4) is 0 Å². The molecule has 0 fully saturated rings. The summed E-state index contributed by atoms with van der Waals surface area (Å²) in [6.07, 6.45) is 1.75. The molecule has 1 N–H and O–H groups in total. The molecule has 3 aromatic rings. The molecule has 1 amide bonds. The summed E-state index contributed by atoms with van der Waals surface area (Å²) in [7, 11) is 0. The molecule has 1 heterocycles. The zero-order valence-electron chi connectivity index (χ0n) is 18.9. The third kappa shape index (κ3) is 6.52. The van der Waals surface area contributed by atoms with Crippen molar-refractivity contribution in [2.45, 2.75) is 39.1 Å². The van der Waals surface area contributed by atoms with E-state index < -0.39 is 0 Å². The second-order valence-corrected chi connectivity index (χ2v) is 8.57. The normalized spacial score (nSPS) is 10.7. The lowest BCUT2D eigenvalue weighted by molar-refractivity contribution is -0.113. The molecule has 0 saturated heterocycles. The molecular weight excluding hydrogens is 460 g/mol. The molecule has 0 atom stereocenters. The van der Waals surface area contributed by atoms with Crippen molar-refractivity contribution in [3.63, 3.8) is 0 Å². The molecule has 33 heavy (non-hydrogen) atoms. The van der Waals surface area contributed by atoms with Crippen LogP contribution in [0.1, 0.15) is 23.9 Å². The summed E-state index contributed by atoms with van der Waals surface area (Å²) in [5.41, 5.74) is 2.61. The van der Waals surface area contributed by atoms with Crippen molar-refractivity contribution in [1.29, 1.82) is 0 Å². The topological polar surface area (TPSA) is 78.3 Å². The Morgan fingerprint density at radius 1 is 1.21 bits per heavy atom. The zero-order valence-corrected chi connectivity index (χ0v) is 20.5. The van der Waals surface area contributed by atoms with Gasteiger partial charge in [-0.1, -0.05) is 41.6 Å². The van der Waals surface area contributed by atoms with Gasteiger partial charge in [0.25, 0.3) is 0 Å². The molecule has 0 unspecified atom stereocenters. The molecule has 0 aliphatic heterocycles. The lowest BCUT2D eigenvalue weighted by atomic mass is 10.2. The SMILES string of the molecule is C=CCn1c(COc2ccc(C)cc2OCC)nnc1SCC(=O)Nc1cccc(Cl)c1C. The second kappa shape index (κ2) is 11.8. The number of aryl methyl sites for hydroxylation is 1. The summed E-state index contributed by atoms with van der Waals surface area (Å²) < 4.78 is 13.5. The summed E-state index contributed by atoms with van der Waals surface area (Å²) in [5.74, 6) is 1.98. The molecule has 0 aliphatic rings. The van der Waals surface area contributed by atoms with Crippen LogP contribution in [-0.2, 0) is 17.9 Å². The number of halogens is 1. The maximum atomic E-state index is 12.5. The van der Waals surface area contributed by atoms with Crippen molar-refractivity contribution in [3.05, 3.63) is 71.0 Å². The van der Waals surface area contributed by atoms with Gasteiger partial charge in [-0.25, -0.2) is 0 Å². The van der Waals surface area contributed by atoms with E-state index in [1.165, 1.54) is 11.8 Å². The van der Waals surface area contributed by atoms with Crippen LogP contribution in [0.15, 0.2) is 54.2 Å². The first kappa shape index (κ1) is 24.7. The minimum absolute atomic E-state index is 0.155. The average molecular weight is 487 g/mol. The highest BCUT2D eigenvalue weighted by Crippen LogP contribution is 2.29. The lowest BCUT2D eigenvalue weighted by Crippen LogP contribution is -2.15. The van der Waals surface area contributed by atoms with Crippen molar-refractivity contribution in [2.75, 3.05) is 17.7 Å². The molecule has 0 aliphatic carbocycles. The van der Waals surface area contributed by atoms with Crippen LogP contribution in [0.25, 0.3) is 0 Å². The number of rotatable bonds is 11. The molecule has 1 aromatic heterocycles. The third-order valence-corrected chi connectivity index (χ3v) is 6.11. The van der Waals surface area contributed by atoms with E-state index >= 15 is 0 Å². The second-order valence-electron chi connectivity index (χ2n) is 7.22. The first-order valence-corrected chi connectivity index (χ1v) is 11.9. The highest BCUT2D eigenvalue weighted by molar-refractivity contribution is 7.99. The van der Waals surface area contributed by atoms with Gasteiger partial charge in [-0.2, -0.15) is 0 Å². The largest absolute Gasteiger partial charge is 0.490 e. The van der Waals surface area contributed by atoms with E-state index in [1.54, 1.807) is 18.2 Å². The van der Waals surface area contributed by atoms with E-state index in [0.29, 0.717) is 46.3 Å². The molecular formula is C24H27ClN4O3S. The van der Waals surface area contributed by atoms with E-state index in [0.717, 1.165) is 11.1 Å². The van der Waals surface area contributed by atoms with Crippen molar-refractivity contribution < 1.29 is 14.3 Å². The van der Waals surface area contributed by atoms with E-state index in [4.69, 9.17) is 21.1 Å². The molecule has 2 aromatic carbocycles. The Bertz CT molecular complexity index is 1130. The number of ether oxygens (including phenoxy) is 2. The lowest BCUT2D eigenvalue weighted by Gasteiger charge is -2.13. The molecule has 7 nitrogen and oxygen atoms in total. The number of allylic oxidation sites excluding steroid dienone is 1. The molecule has 174 valence electrons. The predicted octanol–water partition coefficient (Wildman–Crippen LogP) is 5.44. The Balaban J connectivity index is 1.66. The van der Waals surface area contributed by atoms with Gasteiger partial charge in [0.1, 0.15) is 6.61 Å². The fourth-order valence-electron chi connectivity index (χ4n) is 3.05. The monoisotopic (exact) mass is 486 g/mol. The van der Waals surface area contributed by atoms with Crippen LogP contribution < -0.4 is 14.8 Å². The highest BCUT2D eigenvalue weighted by Gasteiger charge is 2.16. The van der Waals surface area contributed by atoms with Crippen molar-refractivity contribution >= 4 is 35.0 Å². The summed E-state index contributed by atoms with van der Waals surface area (Å²) >= 11 is 7.43. The Morgan fingerprint density at radius 2 is 2.03 bits per heavy atom. The summed E-state index contributed by atoms with van der Waals surface area (Å²) in [6.45, 7) is 10.9. The number of anilines is 1. The number of benzene rings is 2. The Hall–Kier alpha value is -2.97. The van der Waals surface area contributed by atoms with E-state index in [1.807, 2.05) is 49.6 Å². The number of carbonyl (C=O) groups excluding carboxylic acids is 1. The first-order chi connectivity index (χ1) is 15.9. The number of aromatic nitrogens is 3. The number of nitrogens with one attached hydrogen (secondary N) is 1. The van der Waals surface area contributed by atoms with Crippen molar-refractivity contribution in [1.82, 2.24) is 14.8 Å². The van der Waals surface area contributed by atoms with Crippen LogP contribution >= 0.6 is 23.4 Å². The fourth-order valence-corrected chi connectivity index (χ4v) is 3.99. The molecule has 9 heteroatoms. The Labute approximate surface area is 203 Å². The number of carbonyl (C=O) groups is 1. The first-order valence-electron chi connectivity index (χ1n) is 10.5. The smallest absolute Gasteiger partial charge is 0.234 e. The van der Waals surface area contributed by atoms with E-state index in [-0.39, 0.29) is 18.3 Å². The van der Waals surface area contributed by atoms with Gasteiger partial charge in [0.15, 0.2) is 22.5 Å². The van der Waals surface area contributed by atoms with Crippen LogP contribution in [0.4, 0.5) is 5.69 Å². The summed E-state index contributed by atoms with van der Waals surface area (Å²) in [6, 6.07) is 11.2. The van der Waals surface area contributed by atoms with Gasteiger partial charge in [0.05, 0.1) is 12.4 Å². The maximum absolute atomic E-state index is 12.5. The number of hydrogen-bond donors (Lipinski definition) is 1. The predicted molar refractivity (Wildman–Crippen MR) is 132 cm³/mol. The van der Waals surface area contributed by atoms with Gasteiger partial charge < -0.3 is 14.8 Å². The molecule has 0 saturated carbocycles. The molecule has 3 rings (SSSR count). The molecule has 0 bridgehead atoms. The number of nitrogens with zero attached hydrogens (tertiary/aromatic N) is 3. The van der Waals surface area contributed by atoms with Gasteiger partial charge in [-0.15, -0.1) is 16.8 Å². The third-order valence-electron chi connectivity index (χ3n) is 4.74. The molecule has 0 spiro atoms. The van der Waals surface area contributed by atoms with Crippen LogP contribution in [0.2, 0.25) is 5.02 Å². The summed E-state index contributed by atoms with van der Waals surface area (Å²) in [4.78, 5) is 12.5. The van der Waals surface area contributed by atoms with Crippen LogP contribution in [0, 0.1) is 13.8 Å². The van der Waals surface area contributed by atoms with Gasteiger partial charge in [0.2, 0.25) is 5.91 Å². The van der Waals surface area contributed by atoms with E-state index in [9.17, 15) is 4.79 Å². The van der Waals surface area contributed by atoms with Crippen LogP contribution in [0.5, 0.6) is 11.5 Å². The molecule has 0 radical (unpaired) electrons. The standard InChI is InChI=1S/C24H27ClN4O3S/c1-5-12-29-22(14-32-20-11-10-16(3)13-21(20)31-6-2)27-28-24(29)33-15-23(30)26-19-9-7-8-18(25)17(19)4/h5,7-11,13H,1,6,12,14-15H2,2-4H3,(H,26,30). The van der Waals surface area contributed by atoms with Gasteiger partial charge in [0, 0.05) is 17.3 Å². The highest BCUT2D eigenvalue weighted by atomic mass is 35.5. The number of amides is 1. The minimum atomic E-state index is -0.155. The Morgan fingerprint density at radius 3 is 2.79 bits per heavy atom. The van der Waals surface area contributed by atoms with Gasteiger partial charge >= 0.3 is 0 Å². The minimum Gasteiger partial charge on any atom is -0.490 e. The fraction of sp³-hybridized carbons (Fsp3) is 0.292. The van der Waals surface area contributed by atoms with Gasteiger partial charge in [-0.05, 0) is 56.2 Å². The van der Waals surface area contributed by atoms with Crippen LogP contribution in [-0.4, -0.2) is 33.0 Å². The quantitative estimate of drug-likeness (QED) is 0.287. The van der Waals surface area contributed by atoms with Gasteiger partial charge in [-0.3, -0.25) is 9.36 Å². The number of thioether (sulfide) groups is 1.